The van der Waals surface area contributed by atoms with Gasteiger partial charge in [-0.25, -0.2) is 8.51 Å². The van der Waals surface area contributed by atoms with E-state index in [-0.39, 0.29) is 0 Å². The van der Waals surface area contributed by atoms with Gasteiger partial charge in [0.05, 0.1) is 11.0 Å². The molecule has 0 aromatic heterocycles. The van der Waals surface area contributed by atoms with Gasteiger partial charge in [0.2, 0.25) is 0 Å². The van der Waals surface area contributed by atoms with E-state index in [1.54, 1.807) is 13.3 Å². The summed E-state index contributed by atoms with van der Waals surface area (Å²) in [5.41, 5.74) is 6.87. The van der Waals surface area contributed by atoms with E-state index < -0.39 is 11.0 Å². The van der Waals surface area contributed by atoms with E-state index in [1.807, 2.05) is 18.2 Å². The van der Waals surface area contributed by atoms with Crippen LogP contribution in [0.2, 0.25) is 0 Å². The van der Waals surface area contributed by atoms with Crippen molar-refractivity contribution in [3.05, 3.63) is 11.4 Å². The fraction of sp³-hybridized carbons (Fsp3) is 0.727. The summed E-state index contributed by atoms with van der Waals surface area (Å²) in [6.45, 7) is 7.34. The van der Waals surface area contributed by atoms with Crippen LogP contribution in [0.15, 0.2) is 16.4 Å². The summed E-state index contributed by atoms with van der Waals surface area (Å²) in [5, 5.41) is 3.12. The van der Waals surface area contributed by atoms with Crippen molar-refractivity contribution < 1.29 is 4.21 Å². The predicted octanol–water partition coefficient (Wildman–Crippen LogP) is -0.317. The molecule has 1 atom stereocenters. The van der Waals surface area contributed by atoms with Crippen molar-refractivity contribution in [2.75, 3.05) is 39.5 Å². The fourth-order valence-electron chi connectivity index (χ4n) is 1.87. The van der Waals surface area contributed by atoms with Gasteiger partial charge in [0.25, 0.3) is 0 Å². The molecule has 104 valence electrons. The molecular weight excluding hydrogens is 250 g/mol. The van der Waals surface area contributed by atoms with Crippen LogP contribution in [0, 0.1) is 0 Å². The smallest absolute Gasteiger partial charge is 0.193 e. The third-order valence-corrected chi connectivity index (χ3v) is 3.97. The number of nitrogens with zero attached hydrogens (tertiary/aromatic N) is 3. The summed E-state index contributed by atoms with van der Waals surface area (Å²) in [6.07, 6.45) is 1.72. The monoisotopic (exact) mass is 273 g/mol. The van der Waals surface area contributed by atoms with Gasteiger partial charge in [-0.3, -0.25) is 4.99 Å². The number of allylic oxidation sites excluding steroid dienone is 1. The van der Waals surface area contributed by atoms with Crippen molar-refractivity contribution in [2.24, 2.45) is 10.7 Å². The minimum Gasteiger partial charge on any atom is -0.370 e. The Morgan fingerprint density at radius 3 is 2.22 bits per heavy atom. The molecule has 0 radical (unpaired) electrons. The molecular formula is C11H23N5OS. The zero-order valence-electron chi connectivity index (χ0n) is 11.6. The van der Waals surface area contributed by atoms with E-state index in [2.05, 4.69) is 15.2 Å². The van der Waals surface area contributed by atoms with Crippen LogP contribution >= 0.6 is 0 Å². The van der Waals surface area contributed by atoms with Crippen molar-refractivity contribution >= 4 is 16.9 Å². The lowest BCUT2D eigenvalue weighted by Crippen LogP contribution is -2.50. The van der Waals surface area contributed by atoms with Gasteiger partial charge in [-0.2, -0.15) is 0 Å². The molecule has 7 heteroatoms. The van der Waals surface area contributed by atoms with Gasteiger partial charge in [-0.05, 0) is 19.4 Å². The Morgan fingerprint density at radius 1 is 1.28 bits per heavy atom. The summed E-state index contributed by atoms with van der Waals surface area (Å²) >= 11 is 0. The Morgan fingerprint density at radius 2 is 1.83 bits per heavy atom. The van der Waals surface area contributed by atoms with Crippen LogP contribution in [-0.4, -0.2) is 58.9 Å². The van der Waals surface area contributed by atoms with E-state index in [0.29, 0.717) is 5.96 Å². The first-order valence-electron chi connectivity index (χ1n) is 5.96. The van der Waals surface area contributed by atoms with E-state index in [1.165, 1.54) is 0 Å². The number of guanidine groups is 1. The molecule has 6 nitrogen and oxygen atoms in total. The zero-order chi connectivity index (χ0) is 13.7. The predicted molar refractivity (Wildman–Crippen MR) is 76.3 cm³/mol. The average Bonchev–Trinajstić information content (AvgIpc) is 2.35. The highest BCUT2D eigenvalue weighted by atomic mass is 32.2. The van der Waals surface area contributed by atoms with Crippen LogP contribution in [0.1, 0.15) is 13.8 Å². The van der Waals surface area contributed by atoms with E-state index in [0.717, 1.165) is 37.6 Å². The molecule has 0 aliphatic carbocycles. The SMILES string of the molecule is CN=C(N)NC(=C(C)C)N1CCN(S(C)=O)CC1. The quantitative estimate of drug-likeness (QED) is 0.546. The lowest BCUT2D eigenvalue weighted by molar-refractivity contribution is 0.227. The van der Waals surface area contributed by atoms with Crippen molar-refractivity contribution in [3.63, 3.8) is 0 Å². The van der Waals surface area contributed by atoms with Crippen LogP contribution in [0.25, 0.3) is 0 Å². The van der Waals surface area contributed by atoms with Gasteiger partial charge in [0.15, 0.2) is 5.96 Å². The molecule has 18 heavy (non-hydrogen) atoms. The van der Waals surface area contributed by atoms with E-state index in [4.69, 9.17) is 5.73 Å². The highest BCUT2D eigenvalue weighted by molar-refractivity contribution is 7.81. The lowest BCUT2D eigenvalue weighted by Gasteiger charge is -2.36. The summed E-state index contributed by atoms with van der Waals surface area (Å²) in [4.78, 5) is 6.13. The maximum Gasteiger partial charge on any atom is 0.193 e. The summed E-state index contributed by atoms with van der Waals surface area (Å²) in [5.74, 6) is 1.41. The minimum absolute atomic E-state index is 0.410. The normalized spacial score (nSPS) is 19.6. The molecule has 1 fully saturated rings. The highest BCUT2D eigenvalue weighted by Crippen LogP contribution is 2.11. The number of piperazine rings is 1. The molecule has 1 rings (SSSR count). The van der Waals surface area contributed by atoms with Crippen LogP contribution < -0.4 is 11.1 Å². The third-order valence-electron chi connectivity index (χ3n) is 2.88. The molecule has 0 spiro atoms. The number of aliphatic imine (C=N–C) groups is 1. The summed E-state index contributed by atoms with van der Waals surface area (Å²) < 4.78 is 13.4. The van der Waals surface area contributed by atoms with Crippen LogP contribution in [-0.2, 0) is 11.0 Å². The number of rotatable bonds is 3. The fourth-order valence-corrected chi connectivity index (χ4v) is 2.54. The Kier molecular flexibility index (Phi) is 5.61. The molecule has 3 N–H and O–H groups in total. The first-order valence-corrected chi connectivity index (χ1v) is 7.47. The first kappa shape index (κ1) is 15.0. The number of hydrogen-bond donors (Lipinski definition) is 2. The van der Waals surface area contributed by atoms with Gasteiger partial charge < -0.3 is 16.0 Å². The van der Waals surface area contributed by atoms with E-state index >= 15 is 0 Å². The number of hydrogen-bond acceptors (Lipinski definition) is 3. The molecule has 1 saturated heterocycles. The Labute approximate surface area is 112 Å². The average molecular weight is 273 g/mol. The molecule has 0 bridgehead atoms. The number of nitrogens with one attached hydrogen (secondary N) is 1. The summed E-state index contributed by atoms with van der Waals surface area (Å²) in [6, 6.07) is 0. The summed E-state index contributed by atoms with van der Waals surface area (Å²) in [7, 11) is 0.774. The largest absolute Gasteiger partial charge is 0.370 e. The molecule has 0 saturated carbocycles. The molecule has 1 aliphatic rings. The van der Waals surface area contributed by atoms with E-state index in [9.17, 15) is 4.21 Å². The molecule has 0 aromatic rings. The number of nitrogens with two attached hydrogens (primary N) is 1. The lowest BCUT2D eigenvalue weighted by atomic mass is 10.3. The minimum atomic E-state index is -0.881. The van der Waals surface area contributed by atoms with Crippen molar-refractivity contribution in [2.45, 2.75) is 13.8 Å². The van der Waals surface area contributed by atoms with Gasteiger partial charge >= 0.3 is 0 Å². The Hall–Kier alpha value is -1.08. The topological polar surface area (TPSA) is 74.0 Å². The first-order chi connectivity index (χ1) is 8.45. The molecule has 1 heterocycles. The Balaban J connectivity index is 2.68. The van der Waals surface area contributed by atoms with Gasteiger partial charge in [0, 0.05) is 39.5 Å². The molecule has 0 amide bonds. The maximum absolute atomic E-state index is 11.4. The highest BCUT2D eigenvalue weighted by Gasteiger charge is 2.21. The molecule has 1 unspecified atom stereocenters. The Bertz CT molecular complexity index is 368. The molecule has 1 aliphatic heterocycles. The van der Waals surface area contributed by atoms with Crippen molar-refractivity contribution in [1.29, 1.82) is 0 Å². The second-order valence-electron chi connectivity index (χ2n) is 4.42. The zero-order valence-corrected chi connectivity index (χ0v) is 12.4. The van der Waals surface area contributed by atoms with Gasteiger partial charge in [-0.1, -0.05) is 0 Å². The second kappa shape index (κ2) is 6.75. The second-order valence-corrected chi connectivity index (χ2v) is 5.79. The third kappa shape index (κ3) is 3.99. The van der Waals surface area contributed by atoms with Gasteiger partial charge in [-0.15, -0.1) is 0 Å². The van der Waals surface area contributed by atoms with Crippen LogP contribution in [0.4, 0.5) is 0 Å². The maximum atomic E-state index is 11.4. The van der Waals surface area contributed by atoms with Crippen LogP contribution in [0.5, 0.6) is 0 Å². The standard InChI is InChI=1S/C11H23N5OS/c1-9(2)10(14-11(12)13-3)15-5-7-16(8-6-15)18(4)17/h5-8H2,1-4H3,(H3,12,13,14). The molecule has 0 aromatic carbocycles. The van der Waals surface area contributed by atoms with Crippen LogP contribution in [0.3, 0.4) is 0 Å². The van der Waals surface area contributed by atoms with Gasteiger partial charge in [0.1, 0.15) is 5.82 Å². The van der Waals surface area contributed by atoms with Crippen molar-refractivity contribution in [1.82, 2.24) is 14.5 Å². The van der Waals surface area contributed by atoms with Crippen molar-refractivity contribution in [3.8, 4) is 0 Å².